The highest BCUT2D eigenvalue weighted by Gasteiger charge is 2.13. The van der Waals surface area contributed by atoms with Gasteiger partial charge >= 0.3 is 0 Å². The van der Waals surface area contributed by atoms with Gasteiger partial charge in [0.25, 0.3) is 0 Å². The molecule has 160 valence electrons. The van der Waals surface area contributed by atoms with Crippen molar-refractivity contribution >= 4 is 50.2 Å². The number of allylic oxidation sites excluding steroid dienone is 1. The summed E-state index contributed by atoms with van der Waals surface area (Å²) in [6.07, 6.45) is 1.76. The third-order valence-electron chi connectivity index (χ3n) is 4.90. The number of halogens is 2. The lowest BCUT2D eigenvalue weighted by Crippen LogP contribution is -1.98. The van der Waals surface area contributed by atoms with E-state index in [0.717, 1.165) is 32.2 Å². The summed E-state index contributed by atoms with van der Waals surface area (Å²) in [5, 5.41) is 10.4. The molecule has 5 nitrogen and oxygen atoms in total. The van der Waals surface area contributed by atoms with E-state index in [1.807, 2.05) is 61.5 Å². The second-order valence-electron chi connectivity index (χ2n) is 7.22. The number of imidazole rings is 1. The molecular formula is C25H19BrClN3O2. The van der Waals surface area contributed by atoms with E-state index in [1.54, 1.807) is 13.2 Å². The minimum atomic E-state index is 0.372. The predicted molar refractivity (Wildman–Crippen MR) is 131 cm³/mol. The number of hydrogen-bond donors (Lipinski definition) is 1. The van der Waals surface area contributed by atoms with Crippen LogP contribution in [0.25, 0.3) is 22.7 Å². The molecule has 0 spiro atoms. The number of H-pyrrole nitrogens is 1. The maximum absolute atomic E-state index is 9.76. The molecule has 0 unspecified atom stereocenters. The fourth-order valence-corrected chi connectivity index (χ4v) is 3.80. The lowest BCUT2D eigenvalue weighted by molar-refractivity contribution is 0.284. The van der Waals surface area contributed by atoms with Gasteiger partial charge in [-0.25, -0.2) is 4.98 Å². The molecule has 1 heterocycles. The number of fused-ring (bicyclic) bond motifs is 1. The third kappa shape index (κ3) is 4.80. The first-order chi connectivity index (χ1) is 15.5. The van der Waals surface area contributed by atoms with Crippen molar-refractivity contribution in [3.8, 4) is 17.6 Å². The molecule has 0 aliphatic carbocycles. The molecular weight excluding hydrogens is 490 g/mol. The van der Waals surface area contributed by atoms with Gasteiger partial charge in [0, 0.05) is 9.50 Å². The topological polar surface area (TPSA) is 70.9 Å². The highest BCUT2D eigenvalue weighted by Crippen LogP contribution is 2.36. The summed E-state index contributed by atoms with van der Waals surface area (Å²) in [7, 11) is 1.58. The monoisotopic (exact) mass is 507 g/mol. The van der Waals surface area contributed by atoms with E-state index in [1.165, 1.54) is 0 Å². The van der Waals surface area contributed by atoms with E-state index < -0.39 is 0 Å². The van der Waals surface area contributed by atoms with Crippen LogP contribution in [0, 0.1) is 18.3 Å². The van der Waals surface area contributed by atoms with Crippen molar-refractivity contribution in [3.05, 3.63) is 86.6 Å². The van der Waals surface area contributed by atoms with E-state index in [2.05, 4.69) is 32.0 Å². The zero-order valence-corrected chi connectivity index (χ0v) is 19.8. The fourth-order valence-electron chi connectivity index (χ4n) is 3.24. The van der Waals surface area contributed by atoms with E-state index in [9.17, 15) is 5.26 Å². The van der Waals surface area contributed by atoms with Gasteiger partial charge in [0.15, 0.2) is 11.5 Å². The molecule has 0 aliphatic heterocycles. The number of methoxy groups -OCH3 is 1. The molecule has 0 atom stereocenters. The van der Waals surface area contributed by atoms with Crippen molar-refractivity contribution < 1.29 is 9.47 Å². The Hall–Kier alpha value is -3.27. The average Bonchev–Trinajstić information content (AvgIpc) is 3.21. The summed E-state index contributed by atoms with van der Waals surface area (Å²) < 4.78 is 12.3. The SMILES string of the molecule is COc1cc(/C=C(/C#N)c2nc3ccc(C)cc3[nH]2)c(Br)cc1OCc1ccc(Cl)cc1. The molecule has 4 rings (SSSR count). The van der Waals surface area contributed by atoms with Gasteiger partial charge in [0.2, 0.25) is 0 Å². The van der Waals surface area contributed by atoms with Crippen molar-refractivity contribution in [2.45, 2.75) is 13.5 Å². The second kappa shape index (κ2) is 9.47. The minimum absolute atomic E-state index is 0.372. The van der Waals surface area contributed by atoms with Gasteiger partial charge in [-0.1, -0.05) is 45.7 Å². The number of aryl methyl sites for hydroxylation is 1. The molecule has 1 N–H and O–H groups in total. The summed E-state index contributed by atoms with van der Waals surface area (Å²) >= 11 is 9.52. The van der Waals surface area contributed by atoms with Gasteiger partial charge in [-0.3, -0.25) is 0 Å². The van der Waals surface area contributed by atoms with Crippen LogP contribution in [0.4, 0.5) is 0 Å². The van der Waals surface area contributed by atoms with E-state index >= 15 is 0 Å². The first-order valence-corrected chi connectivity index (χ1v) is 11.0. The zero-order chi connectivity index (χ0) is 22.7. The normalized spacial score (nSPS) is 11.4. The van der Waals surface area contributed by atoms with E-state index in [0.29, 0.717) is 34.5 Å². The molecule has 32 heavy (non-hydrogen) atoms. The number of aromatic nitrogens is 2. The minimum Gasteiger partial charge on any atom is -0.493 e. The zero-order valence-electron chi connectivity index (χ0n) is 17.4. The summed E-state index contributed by atoms with van der Waals surface area (Å²) in [6, 6.07) is 19.3. The first kappa shape index (κ1) is 21.9. The number of nitrogens with zero attached hydrogens (tertiary/aromatic N) is 2. The molecule has 0 saturated carbocycles. The van der Waals surface area contributed by atoms with Crippen LogP contribution in [0.15, 0.2) is 59.1 Å². The van der Waals surface area contributed by atoms with Crippen LogP contribution in [0.5, 0.6) is 11.5 Å². The Morgan fingerprint density at radius 2 is 1.94 bits per heavy atom. The Labute approximate surface area is 199 Å². The van der Waals surface area contributed by atoms with Gasteiger partial charge in [0.05, 0.1) is 23.7 Å². The Morgan fingerprint density at radius 3 is 2.66 bits per heavy atom. The largest absolute Gasteiger partial charge is 0.493 e. The molecule has 1 aromatic heterocycles. The van der Waals surface area contributed by atoms with Crippen LogP contribution >= 0.6 is 27.5 Å². The van der Waals surface area contributed by atoms with Crippen molar-refractivity contribution in [2.75, 3.05) is 7.11 Å². The Balaban J connectivity index is 1.64. The first-order valence-electron chi connectivity index (χ1n) is 9.80. The van der Waals surface area contributed by atoms with Crippen LogP contribution < -0.4 is 9.47 Å². The average molecular weight is 509 g/mol. The van der Waals surface area contributed by atoms with Gasteiger partial charge in [-0.15, -0.1) is 0 Å². The van der Waals surface area contributed by atoms with Gasteiger partial charge in [0.1, 0.15) is 18.5 Å². The second-order valence-corrected chi connectivity index (χ2v) is 8.51. The number of benzene rings is 3. The molecule has 0 radical (unpaired) electrons. The van der Waals surface area contributed by atoms with Crippen LogP contribution in [-0.4, -0.2) is 17.1 Å². The Morgan fingerprint density at radius 1 is 1.16 bits per heavy atom. The third-order valence-corrected chi connectivity index (χ3v) is 5.84. The highest BCUT2D eigenvalue weighted by molar-refractivity contribution is 9.10. The maximum Gasteiger partial charge on any atom is 0.162 e. The number of hydrogen-bond acceptors (Lipinski definition) is 4. The van der Waals surface area contributed by atoms with Crippen LogP contribution in [-0.2, 0) is 6.61 Å². The lowest BCUT2D eigenvalue weighted by atomic mass is 10.1. The smallest absolute Gasteiger partial charge is 0.162 e. The van der Waals surface area contributed by atoms with E-state index in [4.69, 9.17) is 21.1 Å². The summed E-state index contributed by atoms with van der Waals surface area (Å²) in [5.74, 6) is 1.66. The Kier molecular flexibility index (Phi) is 6.50. The standard InChI is InChI=1S/C25H19BrClN3O2/c1-15-3-8-21-22(9-15)30-25(29-21)18(13-28)10-17-11-23(31-2)24(12-20(17)26)32-14-16-4-6-19(27)7-5-16/h3-12H,14H2,1-2H3,(H,29,30)/b18-10-. The lowest BCUT2D eigenvalue weighted by Gasteiger charge is -2.13. The van der Waals surface area contributed by atoms with Gasteiger partial charge in [-0.2, -0.15) is 5.26 Å². The molecule has 0 fully saturated rings. The molecule has 0 amide bonds. The van der Waals surface area contributed by atoms with Crippen molar-refractivity contribution in [2.24, 2.45) is 0 Å². The number of rotatable bonds is 6. The molecule has 7 heteroatoms. The van der Waals surface area contributed by atoms with Crippen LogP contribution in [0.2, 0.25) is 5.02 Å². The molecule has 3 aromatic carbocycles. The number of nitrogens with one attached hydrogen (secondary N) is 1. The molecule has 0 saturated heterocycles. The Bertz CT molecular complexity index is 1350. The van der Waals surface area contributed by atoms with Gasteiger partial charge < -0.3 is 14.5 Å². The number of nitriles is 1. The van der Waals surface area contributed by atoms with Gasteiger partial charge in [-0.05, 0) is 66.1 Å². The fraction of sp³-hybridized carbons (Fsp3) is 0.120. The summed E-state index contributed by atoms with van der Waals surface area (Å²) in [6.45, 7) is 2.39. The maximum atomic E-state index is 9.76. The predicted octanol–water partition coefficient (Wildman–Crippen LogP) is 6.94. The summed E-state index contributed by atoms with van der Waals surface area (Å²) in [5.41, 5.74) is 5.00. The van der Waals surface area contributed by atoms with Crippen LogP contribution in [0.1, 0.15) is 22.5 Å². The molecule has 0 aliphatic rings. The van der Waals surface area contributed by atoms with Crippen molar-refractivity contribution in [1.29, 1.82) is 5.26 Å². The highest BCUT2D eigenvalue weighted by atomic mass is 79.9. The van der Waals surface area contributed by atoms with Crippen molar-refractivity contribution in [3.63, 3.8) is 0 Å². The van der Waals surface area contributed by atoms with Crippen molar-refractivity contribution in [1.82, 2.24) is 9.97 Å². The number of ether oxygens (including phenoxy) is 2. The molecule has 0 bridgehead atoms. The van der Waals surface area contributed by atoms with Crippen LogP contribution in [0.3, 0.4) is 0 Å². The quantitative estimate of drug-likeness (QED) is 0.286. The van der Waals surface area contributed by atoms with E-state index in [-0.39, 0.29) is 0 Å². The number of aromatic amines is 1. The summed E-state index contributed by atoms with van der Waals surface area (Å²) in [4.78, 5) is 7.78. The molecule has 4 aromatic rings.